The van der Waals surface area contributed by atoms with Crippen molar-refractivity contribution >= 4 is 15.9 Å². The predicted octanol–water partition coefficient (Wildman–Crippen LogP) is 0.307. The number of alkyl carbamates (subject to hydrolysis) is 1. The molecule has 1 fully saturated rings. The normalized spacial score (nSPS) is 27.6. The number of carbonyl (C=O) groups excluding carboxylic acids is 1. The fraction of sp³-hybridized carbons (Fsp3) is 0.909. The predicted molar refractivity (Wildman–Crippen MR) is 67.0 cm³/mol. The zero-order valence-electron chi connectivity index (χ0n) is 11.0. The number of rotatable bonds is 2. The van der Waals surface area contributed by atoms with E-state index in [9.17, 15) is 18.3 Å². The summed E-state index contributed by atoms with van der Waals surface area (Å²) < 4.78 is 28.0. The third-order valence-corrected chi connectivity index (χ3v) is 4.51. The summed E-state index contributed by atoms with van der Waals surface area (Å²) in [4.78, 5) is 11.6. The van der Waals surface area contributed by atoms with Crippen molar-refractivity contribution in [1.29, 1.82) is 0 Å². The Balaban J connectivity index is 2.59. The smallest absolute Gasteiger partial charge is 0.407 e. The van der Waals surface area contributed by atoms with Crippen LogP contribution in [0.3, 0.4) is 0 Å². The van der Waals surface area contributed by atoms with Gasteiger partial charge in [-0.3, -0.25) is 0 Å². The van der Waals surface area contributed by atoms with Crippen molar-refractivity contribution in [1.82, 2.24) is 5.32 Å². The number of aliphatic hydroxyl groups excluding tert-OH is 1. The molecule has 0 bridgehead atoms. The van der Waals surface area contributed by atoms with Gasteiger partial charge in [0.05, 0.1) is 11.5 Å². The highest BCUT2D eigenvalue weighted by Crippen LogP contribution is 2.19. The van der Waals surface area contributed by atoms with Gasteiger partial charge in [-0.05, 0) is 27.2 Å². The van der Waals surface area contributed by atoms with E-state index in [-0.39, 0.29) is 24.2 Å². The van der Waals surface area contributed by atoms with E-state index in [0.717, 1.165) is 0 Å². The highest BCUT2D eigenvalue weighted by Gasteiger charge is 2.34. The van der Waals surface area contributed by atoms with E-state index in [1.807, 2.05) is 0 Å². The highest BCUT2D eigenvalue weighted by atomic mass is 32.2. The number of sulfone groups is 1. The Hall–Kier alpha value is -0.820. The first kappa shape index (κ1) is 15.2. The molecule has 0 aromatic carbocycles. The lowest BCUT2D eigenvalue weighted by Gasteiger charge is -2.31. The van der Waals surface area contributed by atoms with Crippen LogP contribution in [0, 0.1) is 5.92 Å². The van der Waals surface area contributed by atoms with Gasteiger partial charge in [-0.25, -0.2) is 13.2 Å². The van der Waals surface area contributed by atoms with Crippen LogP contribution in [-0.4, -0.2) is 49.4 Å². The van der Waals surface area contributed by atoms with Gasteiger partial charge in [0.2, 0.25) is 0 Å². The number of ether oxygens (including phenoxy) is 1. The maximum absolute atomic E-state index is 11.6. The number of hydrogen-bond acceptors (Lipinski definition) is 5. The van der Waals surface area contributed by atoms with Gasteiger partial charge in [0.25, 0.3) is 0 Å². The Morgan fingerprint density at radius 1 is 1.44 bits per heavy atom. The number of aliphatic hydroxyl groups is 1. The molecule has 0 saturated carbocycles. The molecular weight excluding hydrogens is 258 g/mol. The van der Waals surface area contributed by atoms with Crippen molar-refractivity contribution in [2.75, 3.05) is 18.1 Å². The van der Waals surface area contributed by atoms with Crippen LogP contribution in [0.4, 0.5) is 4.79 Å². The van der Waals surface area contributed by atoms with Crippen LogP contribution in [0.1, 0.15) is 27.2 Å². The molecule has 2 atom stereocenters. The van der Waals surface area contributed by atoms with Crippen LogP contribution in [0.2, 0.25) is 0 Å². The minimum absolute atomic E-state index is 0.0317. The number of hydrogen-bond donors (Lipinski definition) is 2. The molecule has 7 heteroatoms. The second-order valence-electron chi connectivity index (χ2n) is 5.60. The van der Waals surface area contributed by atoms with Crippen molar-refractivity contribution in [3.63, 3.8) is 0 Å². The van der Waals surface area contributed by atoms with Gasteiger partial charge in [-0.15, -0.1) is 0 Å². The molecule has 0 aromatic rings. The Kier molecular flexibility index (Phi) is 4.61. The van der Waals surface area contributed by atoms with Gasteiger partial charge >= 0.3 is 6.09 Å². The largest absolute Gasteiger partial charge is 0.444 e. The monoisotopic (exact) mass is 279 g/mol. The first-order chi connectivity index (χ1) is 8.13. The minimum Gasteiger partial charge on any atom is -0.444 e. The van der Waals surface area contributed by atoms with E-state index < -0.39 is 27.4 Å². The van der Waals surface area contributed by atoms with Crippen LogP contribution in [0.15, 0.2) is 0 Å². The van der Waals surface area contributed by atoms with E-state index in [2.05, 4.69) is 5.32 Å². The van der Waals surface area contributed by atoms with Gasteiger partial charge in [-0.1, -0.05) is 0 Å². The van der Waals surface area contributed by atoms with Crippen LogP contribution in [-0.2, 0) is 14.6 Å². The van der Waals surface area contributed by atoms with Crippen LogP contribution in [0.25, 0.3) is 0 Å². The molecule has 18 heavy (non-hydrogen) atoms. The average molecular weight is 279 g/mol. The quantitative estimate of drug-likeness (QED) is 0.758. The SMILES string of the molecule is CC(C)(C)OC(=O)N[C@@H]1CCS(=O)(=O)C[C@@H]1CO. The fourth-order valence-corrected chi connectivity index (χ4v) is 3.67. The van der Waals surface area contributed by atoms with Gasteiger partial charge in [-0.2, -0.15) is 0 Å². The van der Waals surface area contributed by atoms with Crippen molar-refractivity contribution in [2.24, 2.45) is 5.92 Å². The van der Waals surface area contributed by atoms with Gasteiger partial charge in [0.15, 0.2) is 9.84 Å². The van der Waals surface area contributed by atoms with Gasteiger partial charge in [0, 0.05) is 18.6 Å². The van der Waals surface area contributed by atoms with Crippen LogP contribution in [0.5, 0.6) is 0 Å². The summed E-state index contributed by atoms with van der Waals surface area (Å²) in [5, 5.41) is 11.8. The van der Waals surface area contributed by atoms with Crippen LogP contribution >= 0.6 is 0 Å². The molecule has 2 N–H and O–H groups in total. The zero-order chi connectivity index (χ0) is 14.0. The van der Waals surface area contributed by atoms with Crippen molar-refractivity contribution in [3.05, 3.63) is 0 Å². The Bertz CT molecular complexity index is 398. The zero-order valence-corrected chi connectivity index (χ0v) is 11.8. The maximum atomic E-state index is 11.6. The second-order valence-corrected chi connectivity index (χ2v) is 7.83. The topological polar surface area (TPSA) is 92.7 Å². The summed E-state index contributed by atoms with van der Waals surface area (Å²) in [5.74, 6) is -0.523. The molecule has 1 amide bonds. The maximum Gasteiger partial charge on any atom is 0.407 e. The molecule has 0 unspecified atom stereocenters. The molecule has 6 nitrogen and oxygen atoms in total. The van der Waals surface area contributed by atoms with Gasteiger partial charge < -0.3 is 15.2 Å². The number of nitrogens with one attached hydrogen (secondary N) is 1. The Labute approximate surface area is 108 Å². The molecule has 106 valence electrons. The number of carbonyl (C=O) groups is 1. The molecule has 0 spiro atoms. The van der Waals surface area contributed by atoms with Crippen molar-refractivity contribution < 1.29 is 23.1 Å². The summed E-state index contributed by atoms with van der Waals surface area (Å²) in [6.07, 6.45) is -0.266. The van der Waals surface area contributed by atoms with Crippen molar-refractivity contribution in [2.45, 2.75) is 38.8 Å². The molecule has 1 aliphatic heterocycles. The Morgan fingerprint density at radius 3 is 2.56 bits per heavy atom. The third-order valence-electron chi connectivity index (χ3n) is 2.71. The molecule has 0 aromatic heterocycles. The van der Waals surface area contributed by atoms with E-state index in [4.69, 9.17) is 4.74 Å². The molecule has 0 aliphatic carbocycles. The summed E-state index contributed by atoms with van der Waals surface area (Å²) in [6, 6.07) is -0.353. The average Bonchev–Trinajstić information content (AvgIpc) is 2.17. The lowest BCUT2D eigenvalue weighted by molar-refractivity contribution is 0.0472. The van der Waals surface area contributed by atoms with Crippen LogP contribution < -0.4 is 5.32 Å². The van der Waals surface area contributed by atoms with Gasteiger partial charge in [0.1, 0.15) is 5.60 Å². The first-order valence-electron chi connectivity index (χ1n) is 5.94. The summed E-state index contributed by atoms with van der Waals surface area (Å²) in [6.45, 7) is 4.99. The number of amides is 1. The van der Waals surface area contributed by atoms with E-state index >= 15 is 0 Å². The minimum atomic E-state index is -3.10. The second kappa shape index (κ2) is 5.44. The lowest BCUT2D eigenvalue weighted by atomic mass is 10.00. The molecule has 1 rings (SSSR count). The summed E-state index contributed by atoms with van der Waals surface area (Å²) in [7, 11) is -3.10. The Morgan fingerprint density at radius 2 is 2.06 bits per heavy atom. The summed E-state index contributed by atoms with van der Waals surface area (Å²) >= 11 is 0. The molecular formula is C11H21NO5S. The molecule has 1 saturated heterocycles. The standard InChI is InChI=1S/C11H21NO5S/c1-11(2,3)17-10(14)12-9-4-5-18(15,16)7-8(9)6-13/h8-9,13H,4-7H2,1-3H3,(H,12,14)/t8-,9+/m0/s1. The fourth-order valence-electron chi connectivity index (χ4n) is 1.90. The van der Waals surface area contributed by atoms with E-state index in [1.165, 1.54) is 0 Å². The van der Waals surface area contributed by atoms with Crippen molar-refractivity contribution in [3.8, 4) is 0 Å². The first-order valence-corrected chi connectivity index (χ1v) is 7.76. The molecule has 1 aliphatic rings. The summed E-state index contributed by atoms with van der Waals surface area (Å²) in [5.41, 5.74) is -0.598. The lowest BCUT2D eigenvalue weighted by Crippen LogP contribution is -2.49. The molecule has 1 heterocycles. The third kappa shape index (κ3) is 4.81. The van der Waals surface area contributed by atoms with E-state index in [0.29, 0.717) is 6.42 Å². The highest BCUT2D eigenvalue weighted by molar-refractivity contribution is 7.91. The van der Waals surface area contributed by atoms with E-state index in [1.54, 1.807) is 20.8 Å². The molecule has 0 radical (unpaired) electrons.